The maximum absolute atomic E-state index is 11.7. The van der Waals surface area contributed by atoms with Gasteiger partial charge in [-0.3, -0.25) is 0 Å². The zero-order valence-corrected chi connectivity index (χ0v) is 14.7. The number of hydrogen-bond acceptors (Lipinski definition) is 4. The van der Waals surface area contributed by atoms with Crippen LogP contribution in [0.1, 0.15) is 40.2 Å². The van der Waals surface area contributed by atoms with Gasteiger partial charge in [0.05, 0.1) is 18.2 Å². The van der Waals surface area contributed by atoms with Crippen LogP contribution in [0.15, 0.2) is 18.2 Å². The van der Waals surface area contributed by atoms with E-state index in [9.17, 15) is 4.79 Å². The van der Waals surface area contributed by atoms with Crippen molar-refractivity contribution < 1.29 is 19.0 Å². The molecule has 0 atom stereocenters. The second kappa shape index (κ2) is 7.54. The van der Waals surface area contributed by atoms with Gasteiger partial charge in [-0.05, 0) is 58.4 Å². The zero-order valence-electron chi connectivity index (χ0n) is 13.9. The molecule has 0 fully saturated rings. The highest BCUT2D eigenvalue weighted by molar-refractivity contribution is 6.32. The van der Waals surface area contributed by atoms with Crippen molar-refractivity contribution in [2.75, 3.05) is 7.11 Å². The molecule has 0 bridgehead atoms. The van der Waals surface area contributed by atoms with Crippen molar-refractivity contribution in [1.29, 1.82) is 0 Å². The van der Waals surface area contributed by atoms with Gasteiger partial charge in [-0.25, -0.2) is 4.79 Å². The minimum absolute atomic E-state index is 0.0189. The molecule has 0 heterocycles. The van der Waals surface area contributed by atoms with Crippen LogP contribution in [-0.2, 0) is 9.53 Å². The Bertz CT molecular complexity index is 557. The van der Waals surface area contributed by atoms with Crippen LogP contribution in [0.4, 0.5) is 0 Å². The average molecular weight is 327 g/mol. The highest BCUT2D eigenvalue weighted by atomic mass is 35.5. The summed E-state index contributed by atoms with van der Waals surface area (Å²) in [7, 11) is 1.54. The number of carbonyl (C=O) groups is 1. The molecule has 4 nitrogen and oxygen atoms in total. The topological polar surface area (TPSA) is 44.8 Å². The summed E-state index contributed by atoms with van der Waals surface area (Å²) >= 11 is 6.22. The van der Waals surface area contributed by atoms with Crippen LogP contribution in [0.3, 0.4) is 0 Å². The summed E-state index contributed by atoms with van der Waals surface area (Å²) in [6.45, 7) is 9.27. The van der Waals surface area contributed by atoms with Crippen LogP contribution in [0, 0.1) is 0 Å². The van der Waals surface area contributed by atoms with E-state index in [1.807, 2.05) is 34.6 Å². The Kier molecular flexibility index (Phi) is 6.30. The van der Waals surface area contributed by atoms with Crippen molar-refractivity contribution in [3.05, 3.63) is 28.8 Å². The molecule has 0 amide bonds. The van der Waals surface area contributed by atoms with Crippen LogP contribution < -0.4 is 9.47 Å². The van der Waals surface area contributed by atoms with E-state index < -0.39 is 11.6 Å². The third kappa shape index (κ3) is 5.98. The van der Waals surface area contributed by atoms with Crippen LogP contribution in [0.25, 0.3) is 6.08 Å². The number of methoxy groups -OCH3 is 1. The van der Waals surface area contributed by atoms with Crippen LogP contribution in [-0.4, -0.2) is 24.8 Å². The molecular weight excluding hydrogens is 304 g/mol. The summed E-state index contributed by atoms with van der Waals surface area (Å²) in [5.41, 5.74) is 0.204. The molecule has 0 aliphatic carbocycles. The summed E-state index contributed by atoms with van der Waals surface area (Å²) < 4.78 is 16.1. The molecule has 5 heteroatoms. The number of hydrogen-bond donors (Lipinski definition) is 0. The summed E-state index contributed by atoms with van der Waals surface area (Å²) in [6.07, 6.45) is 2.97. The molecule has 0 saturated heterocycles. The molecule has 1 aromatic carbocycles. The lowest BCUT2D eigenvalue weighted by Crippen LogP contribution is -2.22. The van der Waals surface area contributed by atoms with Gasteiger partial charge in [0.15, 0.2) is 11.5 Å². The van der Waals surface area contributed by atoms with Crippen molar-refractivity contribution in [2.24, 2.45) is 0 Å². The SMILES string of the molecule is COc1cc(/C=C/C(=O)OC(C)(C)C)cc(Cl)c1OC(C)C. The number of halogens is 1. The largest absolute Gasteiger partial charge is 0.493 e. The lowest BCUT2D eigenvalue weighted by Gasteiger charge is -2.18. The van der Waals surface area contributed by atoms with E-state index in [0.29, 0.717) is 16.5 Å². The van der Waals surface area contributed by atoms with Gasteiger partial charge in [0.2, 0.25) is 0 Å². The molecule has 0 aliphatic heterocycles. The first kappa shape index (κ1) is 18.4. The van der Waals surface area contributed by atoms with Crippen molar-refractivity contribution in [1.82, 2.24) is 0 Å². The quantitative estimate of drug-likeness (QED) is 0.590. The van der Waals surface area contributed by atoms with E-state index >= 15 is 0 Å². The van der Waals surface area contributed by atoms with Crippen molar-refractivity contribution in [2.45, 2.75) is 46.3 Å². The van der Waals surface area contributed by atoms with E-state index in [-0.39, 0.29) is 6.10 Å². The van der Waals surface area contributed by atoms with Gasteiger partial charge in [0, 0.05) is 6.08 Å². The molecule has 122 valence electrons. The first-order valence-corrected chi connectivity index (χ1v) is 7.45. The maximum Gasteiger partial charge on any atom is 0.331 e. The third-order valence-corrected chi connectivity index (χ3v) is 2.70. The molecular formula is C17H23ClO4. The van der Waals surface area contributed by atoms with Crippen molar-refractivity contribution in [3.8, 4) is 11.5 Å². The molecule has 1 aromatic rings. The number of ether oxygens (including phenoxy) is 3. The fraction of sp³-hybridized carbons (Fsp3) is 0.471. The number of benzene rings is 1. The van der Waals surface area contributed by atoms with E-state index in [1.54, 1.807) is 25.3 Å². The van der Waals surface area contributed by atoms with Crippen LogP contribution >= 0.6 is 11.6 Å². The van der Waals surface area contributed by atoms with E-state index in [0.717, 1.165) is 5.56 Å². The molecule has 0 N–H and O–H groups in total. The summed E-state index contributed by atoms with van der Waals surface area (Å²) in [4.78, 5) is 11.7. The molecule has 0 unspecified atom stereocenters. The predicted octanol–water partition coefficient (Wildman–Crippen LogP) is 4.49. The molecule has 0 aromatic heterocycles. The predicted molar refractivity (Wildman–Crippen MR) is 88.6 cm³/mol. The molecule has 0 saturated carbocycles. The fourth-order valence-corrected chi connectivity index (χ4v) is 1.95. The summed E-state index contributed by atoms with van der Waals surface area (Å²) in [6, 6.07) is 3.47. The Morgan fingerprint density at radius 2 is 1.91 bits per heavy atom. The number of carbonyl (C=O) groups excluding carboxylic acids is 1. The minimum Gasteiger partial charge on any atom is -0.493 e. The fourth-order valence-electron chi connectivity index (χ4n) is 1.69. The van der Waals surface area contributed by atoms with Gasteiger partial charge in [-0.1, -0.05) is 11.6 Å². The highest BCUT2D eigenvalue weighted by Gasteiger charge is 2.15. The van der Waals surface area contributed by atoms with E-state index in [4.69, 9.17) is 25.8 Å². The molecule has 0 spiro atoms. The van der Waals surface area contributed by atoms with Gasteiger partial charge in [-0.2, -0.15) is 0 Å². The van der Waals surface area contributed by atoms with Gasteiger partial charge in [0.1, 0.15) is 5.60 Å². The maximum atomic E-state index is 11.7. The first-order valence-electron chi connectivity index (χ1n) is 7.07. The Labute approximate surface area is 137 Å². The molecule has 0 radical (unpaired) electrons. The average Bonchev–Trinajstić information content (AvgIpc) is 2.36. The zero-order chi connectivity index (χ0) is 16.9. The highest BCUT2D eigenvalue weighted by Crippen LogP contribution is 2.37. The smallest absolute Gasteiger partial charge is 0.331 e. The Balaban J connectivity index is 2.98. The molecule has 0 aliphatic rings. The van der Waals surface area contributed by atoms with Gasteiger partial charge in [-0.15, -0.1) is 0 Å². The van der Waals surface area contributed by atoms with Gasteiger partial charge in [0.25, 0.3) is 0 Å². The minimum atomic E-state index is -0.522. The van der Waals surface area contributed by atoms with Gasteiger partial charge >= 0.3 is 5.97 Å². The Morgan fingerprint density at radius 3 is 2.41 bits per heavy atom. The van der Waals surface area contributed by atoms with E-state index in [1.165, 1.54) is 6.08 Å². The monoisotopic (exact) mass is 326 g/mol. The lowest BCUT2D eigenvalue weighted by atomic mass is 10.1. The molecule has 1 rings (SSSR count). The Morgan fingerprint density at radius 1 is 1.27 bits per heavy atom. The second-order valence-electron chi connectivity index (χ2n) is 6.07. The second-order valence-corrected chi connectivity index (χ2v) is 6.47. The summed E-state index contributed by atoms with van der Waals surface area (Å²) in [5, 5.41) is 0.428. The number of esters is 1. The van der Waals surface area contributed by atoms with E-state index in [2.05, 4.69) is 0 Å². The van der Waals surface area contributed by atoms with Crippen LogP contribution in [0.2, 0.25) is 5.02 Å². The summed E-state index contributed by atoms with van der Waals surface area (Å²) in [5.74, 6) is 0.601. The Hall–Kier alpha value is -1.68. The van der Waals surface area contributed by atoms with Crippen molar-refractivity contribution in [3.63, 3.8) is 0 Å². The van der Waals surface area contributed by atoms with Crippen molar-refractivity contribution >= 4 is 23.6 Å². The number of rotatable bonds is 5. The lowest BCUT2D eigenvalue weighted by molar-refractivity contribution is -0.148. The first-order chi connectivity index (χ1) is 10.1. The van der Waals surface area contributed by atoms with Crippen LogP contribution in [0.5, 0.6) is 11.5 Å². The normalized spacial score (nSPS) is 11.8. The standard InChI is InChI=1S/C17H23ClO4/c1-11(2)21-16-13(18)9-12(10-14(16)20-6)7-8-15(19)22-17(3,4)5/h7-11H,1-6H3/b8-7+. The van der Waals surface area contributed by atoms with Gasteiger partial charge < -0.3 is 14.2 Å². The molecule has 22 heavy (non-hydrogen) atoms. The third-order valence-electron chi connectivity index (χ3n) is 2.42.